The van der Waals surface area contributed by atoms with Crippen molar-refractivity contribution >= 4 is 52.5 Å². The van der Waals surface area contributed by atoms with E-state index in [1.165, 1.54) is 17.7 Å². The molecule has 2 aromatic heterocycles. The van der Waals surface area contributed by atoms with Crippen molar-refractivity contribution in [2.45, 2.75) is 76.5 Å². The number of ether oxygens (including phenoxy) is 3. The number of aromatic nitrogens is 2. The summed E-state index contributed by atoms with van der Waals surface area (Å²) in [5, 5.41) is 25.1. The van der Waals surface area contributed by atoms with E-state index in [2.05, 4.69) is 26.6 Å². The molecule has 0 spiro atoms. The highest BCUT2D eigenvalue weighted by Crippen LogP contribution is 2.47. The van der Waals surface area contributed by atoms with E-state index in [4.69, 9.17) is 19.2 Å². The van der Waals surface area contributed by atoms with Gasteiger partial charge in [-0.3, -0.25) is 28.8 Å². The normalized spacial score (nSPS) is 16.8. The van der Waals surface area contributed by atoms with Crippen molar-refractivity contribution in [2.75, 3.05) is 40.0 Å². The Labute approximate surface area is 445 Å². The monoisotopic (exact) mass is 1060 g/mol. The van der Waals surface area contributed by atoms with Crippen LogP contribution in [0.5, 0.6) is 0 Å². The average Bonchev–Trinajstić information content (AvgIpc) is 4.10. The van der Waals surface area contributed by atoms with Gasteiger partial charge in [0.2, 0.25) is 29.5 Å². The lowest BCUT2D eigenvalue weighted by molar-refractivity contribution is -0.172. The van der Waals surface area contributed by atoms with Gasteiger partial charge in [-0.05, 0) is 65.6 Å². The number of amides is 6. The van der Waals surface area contributed by atoms with Crippen molar-refractivity contribution in [1.29, 1.82) is 0 Å². The van der Waals surface area contributed by atoms with Crippen molar-refractivity contribution < 1.29 is 57.3 Å². The Morgan fingerprint density at radius 2 is 1.56 bits per heavy atom. The van der Waals surface area contributed by atoms with Crippen LogP contribution in [0.3, 0.4) is 0 Å². The molecule has 402 valence electrons. The van der Waals surface area contributed by atoms with E-state index in [0.29, 0.717) is 57.4 Å². The lowest BCUT2D eigenvalue weighted by Gasteiger charge is -2.31. The predicted molar refractivity (Wildman–Crippen MR) is 278 cm³/mol. The minimum atomic E-state index is -2.05. The highest BCUT2D eigenvalue weighted by Gasteiger charge is 2.46. The lowest BCUT2D eigenvalue weighted by atomic mass is 9.81. The second kappa shape index (κ2) is 21.7. The van der Waals surface area contributed by atoms with Crippen LogP contribution in [0.1, 0.15) is 82.0 Å². The first kappa shape index (κ1) is 52.6. The molecule has 6 aromatic rings. The second-order valence-corrected chi connectivity index (χ2v) is 19.7. The van der Waals surface area contributed by atoms with E-state index < -0.39 is 110 Å². The van der Waals surface area contributed by atoms with Crippen LogP contribution in [0.4, 0.5) is 9.18 Å². The molecule has 0 saturated carbocycles. The van der Waals surface area contributed by atoms with Crippen molar-refractivity contribution in [2.24, 2.45) is 0 Å². The molecule has 78 heavy (non-hydrogen) atoms. The number of hydrogen-bond acceptors (Lipinski definition) is 13. The van der Waals surface area contributed by atoms with E-state index in [1.807, 2.05) is 48.5 Å². The van der Waals surface area contributed by atoms with Crippen molar-refractivity contribution in [3.05, 3.63) is 157 Å². The van der Waals surface area contributed by atoms with Gasteiger partial charge in [0.15, 0.2) is 11.7 Å². The molecule has 0 fully saturated rings. The second-order valence-electron chi connectivity index (χ2n) is 19.7. The van der Waals surface area contributed by atoms with Crippen LogP contribution >= 0.6 is 0 Å². The third-order valence-electron chi connectivity index (χ3n) is 14.8. The van der Waals surface area contributed by atoms with E-state index >= 15 is 4.39 Å². The molecule has 4 aliphatic rings. The van der Waals surface area contributed by atoms with Gasteiger partial charge in [-0.1, -0.05) is 85.8 Å². The molecule has 4 heterocycles. The van der Waals surface area contributed by atoms with Crippen molar-refractivity contribution in [3.63, 3.8) is 0 Å². The summed E-state index contributed by atoms with van der Waals surface area (Å²) in [6.45, 7) is 0.644. The van der Waals surface area contributed by atoms with Gasteiger partial charge in [0.05, 0.1) is 48.1 Å². The number of nitrogens with zero attached hydrogens (tertiary/aromatic N) is 3. The number of hydrogen-bond donors (Lipinski definition) is 6. The van der Waals surface area contributed by atoms with Gasteiger partial charge in [0, 0.05) is 47.2 Å². The van der Waals surface area contributed by atoms with E-state index in [1.54, 1.807) is 50.2 Å². The number of halogens is 1. The number of aliphatic hydroxyl groups is 1. The maximum absolute atomic E-state index is 15.4. The summed E-state index contributed by atoms with van der Waals surface area (Å²) in [5.74, 6) is -4.61. The quantitative estimate of drug-likeness (QED) is 0.0434. The molecule has 6 N–H and O–H groups in total. The minimum Gasteiger partial charge on any atom is -0.458 e. The predicted octanol–water partition coefficient (Wildman–Crippen LogP) is 3.52. The lowest BCUT2D eigenvalue weighted by Crippen LogP contribution is -2.52. The summed E-state index contributed by atoms with van der Waals surface area (Å²) < 4.78 is 33.5. The summed E-state index contributed by atoms with van der Waals surface area (Å²) in [6, 6.07) is 25.1. The van der Waals surface area contributed by atoms with Crippen LogP contribution in [0, 0.1) is 12.7 Å². The van der Waals surface area contributed by atoms with Crippen molar-refractivity contribution in [1.82, 2.24) is 41.0 Å². The average molecular weight is 1060 g/mol. The number of nitrogens with one attached hydrogen (secondary N) is 5. The number of aryl methyl sites for hydroxylation is 1. The van der Waals surface area contributed by atoms with E-state index in [9.17, 15) is 43.5 Å². The number of fused-ring (bicyclic) bond motifs is 8. The Balaban J connectivity index is 0.715. The first-order valence-corrected chi connectivity index (χ1v) is 25.5. The highest BCUT2D eigenvalue weighted by molar-refractivity contribution is 5.95. The molecule has 0 radical (unpaired) electrons. The maximum Gasteiger partial charge on any atom is 0.410 e. The van der Waals surface area contributed by atoms with E-state index in [0.717, 1.165) is 32.7 Å². The van der Waals surface area contributed by atoms with Crippen LogP contribution in [-0.2, 0) is 74.6 Å². The first-order chi connectivity index (χ1) is 37.5. The zero-order chi connectivity index (χ0) is 55.0. The number of pyridine rings is 2. The largest absolute Gasteiger partial charge is 0.458 e. The maximum atomic E-state index is 15.4. The standard InChI is InChI=1S/C57H55FN8O12/c1-4-57(75)39-21-44-51-37(25-66(44)54(72)38(39)27-77-55(57)73)50-41(19-18-32-30(2)40(58)22-42(64-51)49(32)50)62-48(70)28-76-29-61-45(67)23-60-53(71)43(20-31-12-6-5-7-13-31)63-46(68)24-59-47(69)26-65(3)56(74)78-52-35-16-10-8-14-33(35)34-15-9-11-17-36(34)52/h5-17,21-22,41,43,52,75H,4,18-20,23-29H2,1-3H3,(H,59,69)(H,60,71)(H,61,67)(H,62,70)(H,63,68)/t41-,43-,57-/m0/s1. The molecule has 0 saturated heterocycles. The summed E-state index contributed by atoms with van der Waals surface area (Å²) in [5.41, 5.74) is 5.45. The van der Waals surface area contributed by atoms with Gasteiger partial charge in [-0.25, -0.2) is 19.0 Å². The van der Waals surface area contributed by atoms with Gasteiger partial charge in [0.1, 0.15) is 38.3 Å². The Bertz CT molecular complexity index is 3490. The Morgan fingerprint density at radius 3 is 2.28 bits per heavy atom. The topological polar surface area (TPSA) is 266 Å². The van der Waals surface area contributed by atoms with Gasteiger partial charge < -0.3 is 55.4 Å². The SMILES string of the molecule is CC[C@@]1(O)C(=O)OCc2c1cc1n(c2=O)Cc2c-1nc1cc(F)c(C)c3c1c2[C@@H](NC(=O)COCNC(=O)CNC(=O)[C@H](Cc1ccccc1)NC(=O)CNC(=O)CN(C)C(=O)OC1c2ccccc2-c2ccccc21)CC3. The van der Waals surface area contributed by atoms with Crippen LogP contribution < -0.4 is 32.1 Å². The van der Waals surface area contributed by atoms with Gasteiger partial charge in [-0.2, -0.15) is 0 Å². The number of carbonyl (C=O) groups is 7. The fourth-order valence-corrected chi connectivity index (χ4v) is 10.8. The summed E-state index contributed by atoms with van der Waals surface area (Å²) in [7, 11) is 1.40. The molecule has 6 amide bonds. The van der Waals surface area contributed by atoms with Gasteiger partial charge >= 0.3 is 12.1 Å². The summed E-state index contributed by atoms with van der Waals surface area (Å²) >= 11 is 0. The Kier molecular flexibility index (Phi) is 14.6. The Morgan fingerprint density at radius 1 is 0.872 bits per heavy atom. The molecular formula is C57H55FN8O12. The zero-order valence-corrected chi connectivity index (χ0v) is 42.8. The minimum absolute atomic E-state index is 0.0410. The number of rotatable bonds is 17. The molecule has 0 bridgehead atoms. The molecule has 21 heteroatoms. The zero-order valence-electron chi connectivity index (χ0n) is 42.8. The molecule has 2 aliphatic carbocycles. The molecule has 10 rings (SSSR count). The number of cyclic esters (lactones) is 1. The van der Waals surface area contributed by atoms with Crippen LogP contribution in [-0.4, -0.2) is 107 Å². The fraction of sp³-hybridized carbons (Fsp3) is 0.316. The summed E-state index contributed by atoms with van der Waals surface area (Å²) in [6.07, 6.45) is -0.645. The molecule has 20 nitrogen and oxygen atoms in total. The molecule has 0 unspecified atom stereocenters. The van der Waals surface area contributed by atoms with Crippen LogP contribution in [0.25, 0.3) is 33.4 Å². The first-order valence-electron chi connectivity index (χ1n) is 25.5. The Hall–Kier alpha value is -8.82. The summed E-state index contributed by atoms with van der Waals surface area (Å²) in [4.78, 5) is 112. The number of carbonyl (C=O) groups excluding carboxylic acids is 7. The fourth-order valence-electron chi connectivity index (χ4n) is 10.8. The number of benzene rings is 4. The molecule has 3 atom stereocenters. The third kappa shape index (κ3) is 10.0. The smallest absolute Gasteiger partial charge is 0.410 e. The third-order valence-corrected chi connectivity index (χ3v) is 14.8. The number of esters is 1. The van der Waals surface area contributed by atoms with Crippen LogP contribution in [0.2, 0.25) is 0 Å². The van der Waals surface area contributed by atoms with Gasteiger partial charge in [0.25, 0.3) is 5.56 Å². The van der Waals surface area contributed by atoms with E-state index in [-0.39, 0.29) is 37.1 Å². The molecular weight excluding hydrogens is 1010 g/mol. The molecule has 4 aromatic carbocycles. The highest BCUT2D eigenvalue weighted by atomic mass is 19.1. The van der Waals surface area contributed by atoms with Crippen LogP contribution in [0.15, 0.2) is 95.8 Å². The van der Waals surface area contributed by atoms with Crippen molar-refractivity contribution in [3.8, 4) is 22.5 Å². The number of likely N-dealkylation sites (N-methyl/N-ethyl adjacent to an activating group) is 1. The molecule has 2 aliphatic heterocycles. The van der Waals surface area contributed by atoms with Gasteiger partial charge in [-0.15, -0.1) is 0 Å².